The largest absolute Gasteiger partial charge is 0.444 e. The van der Waals surface area contributed by atoms with Crippen molar-refractivity contribution in [2.75, 3.05) is 20.1 Å². The first-order chi connectivity index (χ1) is 10.4. The summed E-state index contributed by atoms with van der Waals surface area (Å²) >= 11 is 1.68. The van der Waals surface area contributed by atoms with Crippen molar-refractivity contribution >= 4 is 23.4 Å². The van der Waals surface area contributed by atoms with Gasteiger partial charge in [-0.05, 0) is 49.6 Å². The van der Waals surface area contributed by atoms with Crippen LogP contribution in [0.25, 0.3) is 0 Å². The van der Waals surface area contributed by atoms with Gasteiger partial charge in [0.25, 0.3) is 0 Å². The molecular formula is C15H26N4O2S. The molecule has 124 valence electrons. The number of hydrogen-bond acceptors (Lipinski definition) is 4. The van der Waals surface area contributed by atoms with E-state index >= 15 is 0 Å². The fourth-order valence-corrected chi connectivity index (χ4v) is 2.27. The maximum Gasteiger partial charge on any atom is 0.407 e. The van der Waals surface area contributed by atoms with Gasteiger partial charge in [-0.1, -0.05) is 0 Å². The summed E-state index contributed by atoms with van der Waals surface area (Å²) in [5.74, 6) is 0.753. The molecule has 0 aliphatic carbocycles. The molecule has 0 radical (unpaired) electrons. The summed E-state index contributed by atoms with van der Waals surface area (Å²) in [5, 5.41) is 13.3. The van der Waals surface area contributed by atoms with Crippen LogP contribution in [0, 0.1) is 0 Å². The lowest BCUT2D eigenvalue weighted by molar-refractivity contribution is 0.0527. The van der Waals surface area contributed by atoms with E-state index < -0.39 is 5.60 Å². The Morgan fingerprint density at radius 1 is 1.27 bits per heavy atom. The number of rotatable bonds is 6. The van der Waals surface area contributed by atoms with Crippen molar-refractivity contribution in [2.24, 2.45) is 4.99 Å². The molecule has 1 aromatic heterocycles. The summed E-state index contributed by atoms with van der Waals surface area (Å²) in [5.41, 5.74) is 0.773. The number of carbonyl (C=O) groups excluding carboxylic acids is 1. The minimum absolute atomic E-state index is 0.382. The van der Waals surface area contributed by atoms with Gasteiger partial charge in [0.1, 0.15) is 5.60 Å². The maximum absolute atomic E-state index is 11.5. The maximum atomic E-state index is 11.5. The number of carbonyl (C=O) groups is 1. The van der Waals surface area contributed by atoms with Crippen molar-refractivity contribution in [2.45, 2.75) is 39.3 Å². The van der Waals surface area contributed by atoms with Crippen LogP contribution in [0.5, 0.6) is 0 Å². The van der Waals surface area contributed by atoms with Gasteiger partial charge in [0, 0.05) is 26.7 Å². The monoisotopic (exact) mass is 326 g/mol. The minimum atomic E-state index is -0.462. The molecule has 0 bridgehead atoms. The summed E-state index contributed by atoms with van der Waals surface area (Å²) in [7, 11) is 1.74. The van der Waals surface area contributed by atoms with Crippen LogP contribution in [0.15, 0.2) is 21.8 Å². The Labute approximate surface area is 136 Å². The molecule has 1 heterocycles. The van der Waals surface area contributed by atoms with Gasteiger partial charge in [0.15, 0.2) is 5.96 Å². The van der Waals surface area contributed by atoms with E-state index in [1.807, 2.05) is 20.8 Å². The van der Waals surface area contributed by atoms with Crippen LogP contribution in [-0.4, -0.2) is 37.8 Å². The van der Waals surface area contributed by atoms with E-state index in [0.717, 1.165) is 25.5 Å². The minimum Gasteiger partial charge on any atom is -0.444 e. The van der Waals surface area contributed by atoms with E-state index in [1.165, 1.54) is 5.56 Å². The summed E-state index contributed by atoms with van der Waals surface area (Å²) < 4.78 is 5.16. The molecule has 0 unspecified atom stereocenters. The van der Waals surface area contributed by atoms with Crippen molar-refractivity contribution in [3.63, 3.8) is 0 Å². The molecule has 1 aromatic rings. The van der Waals surface area contributed by atoms with Gasteiger partial charge in [0.05, 0.1) is 0 Å². The molecule has 0 spiro atoms. The van der Waals surface area contributed by atoms with Crippen molar-refractivity contribution in [3.8, 4) is 0 Å². The molecule has 0 saturated heterocycles. The summed E-state index contributed by atoms with van der Waals surface area (Å²) in [4.78, 5) is 15.6. The molecular weight excluding hydrogens is 300 g/mol. The molecule has 1 amide bonds. The molecule has 0 aromatic carbocycles. The van der Waals surface area contributed by atoms with Crippen molar-refractivity contribution in [1.29, 1.82) is 0 Å². The molecule has 0 fully saturated rings. The molecule has 0 aliphatic heterocycles. The number of amides is 1. The Balaban J connectivity index is 2.11. The van der Waals surface area contributed by atoms with Crippen LogP contribution < -0.4 is 16.0 Å². The van der Waals surface area contributed by atoms with Gasteiger partial charge in [-0.3, -0.25) is 4.99 Å². The van der Waals surface area contributed by atoms with Crippen molar-refractivity contribution < 1.29 is 9.53 Å². The third-order valence-electron chi connectivity index (χ3n) is 2.58. The van der Waals surface area contributed by atoms with Crippen molar-refractivity contribution in [3.05, 3.63) is 22.4 Å². The standard InChI is InChI=1S/C15H26N4O2S/c1-15(2,3)21-14(20)18-8-5-7-17-13(16-4)19-10-12-6-9-22-11-12/h6,9,11H,5,7-8,10H2,1-4H3,(H,18,20)(H2,16,17,19). The van der Waals surface area contributed by atoms with Gasteiger partial charge in [-0.25, -0.2) is 4.79 Å². The summed E-state index contributed by atoms with van der Waals surface area (Å²) in [6.07, 6.45) is 0.408. The molecule has 6 nitrogen and oxygen atoms in total. The summed E-state index contributed by atoms with van der Waals surface area (Å²) in [6.45, 7) is 7.56. The number of nitrogens with one attached hydrogen (secondary N) is 3. The predicted octanol–water partition coefficient (Wildman–Crippen LogP) is 2.33. The molecule has 1 rings (SSSR count). The third kappa shape index (κ3) is 8.51. The van der Waals surface area contributed by atoms with E-state index in [0.29, 0.717) is 6.54 Å². The number of hydrogen-bond donors (Lipinski definition) is 3. The Hall–Kier alpha value is -1.76. The van der Waals surface area contributed by atoms with Crippen LogP contribution in [0.1, 0.15) is 32.8 Å². The third-order valence-corrected chi connectivity index (χ3v) is 3.31. The van der Waals surface area contributed by atoms with Crippen LogP contribution in [0.2, 0.25) is 0 Å². The first kappa shape index (κ1) is 18.3. The highest BCUT2D eigenvalue weighted by molar-refractivity contribution is 7.07. The lowest BCUT2D eigenvalue weighted by Gasteiger charge is -2.19. The SMILES string of the molecule is CN=C(NCCCNC(=O)OC(C)(C)C)NCc1ccsc1. The van der Waals surface area contributed by atoms with Gasteiger partial charge in [-0.15, -0.1) is 0 Å². The van der Waals surface area contributed by atoms with Gasteiger partial charge in [0.2, 0.25) is 0 Å². The van der Waals surface area contributed by atoms with E-state index in [-0.39, 0.29) is 6.09 Å². The lowest BCUT2D eigenvalue weighted by atomic mass is 10.2. The van der Waals surface area contributed by atoms with Crippen LogP contribution in [-0.2, 0) is 11.3 Å². The molecule has 22 heavy (non-hydrogen) atoms. The number of alkyl carbamates (subject to hydrolysis) is 1. The van der Waals surface area contributed by atoms with Crippen LogP contribution in [0.4, 0.5) is 4.79 Å². The second kappa shape index (κ2) is 9.30. The first-order valence-electron chi connectivity index (χ1n) is 7.33. The highest BCUT2D eigenvalue weighted by Crippen LogP contribution is 2.06. The fourth-order valence-electron chi connectivity index (χ4n) is 1.60. The number of thiophene rings is 1. The topological polar surface area (TPSA) is 74.8 Å². The predicted molar refractivity (Wildman–Crippen MR) is 91.4 cm³/mol. The zero-order chi connectivity index (χ0) is 16.4. The number of guanidine groups is 1. The number of aliphatic imine (C=N–C) groups is 1. The lowest BCUT2D eigenvalue weighted by Crippen LogP contribution is -2.38. The fraction of sp³-hybridized carbons (Fsp3) is 0.600. The zero-order valence-corrected chi connectivity index (χ0v) is 14.5. The quantitative estimate of drug-likeness (QED) is 0.426. The second-order valence-electron chi connectivity index (χ2n) is 5.77. The Morgan fingerprint density at radius 2 is 2.00 bits per heavy atom. The van der Waals surface area contributed by atoms with E-state index in [2.05, 4.69) is 37.8 Å². The Morgan fingerprint density at radius 3 is 2.59 bits per heavy atom. The van der Waals surface area contributed by atoms with Gasteiger partial charge < -0.3 is 20.7 Å². The zero-order valence-electron chi connectivity index (χ0n) is 13.7. The molecule has 0 saturated carbocycles. The van der Waals surface area contributed by atoms with Crippen LogP contribution in [0.3, 0.4) is 0 Å². The van der Waals surface area contributed by atoms with E-state index in [9.17, 15) is 4.79 Å². The average Bonchev–Trinajstić information content (AvgIpc) is 2.93. The van der Waals surface area contributed by atoms with Gasteiger partial charge in [-0.2, -0.15) is 11.3 Å². The highest BCUT2D eigenvalue weighted by Gasteiger charge is 2.15. The van der Waals surface area contributed by atoms with E-state index in [4.69, 9.17) is 4.74 Å². The number of nitrogens with zero attached hydrogens (tertiary/aromatic N) is 1. The Kier molecular flexibility index (Phi) is 7.73. The smallest absolute Gasteiger partial charge is 0.407 e. The normalized spacial score (nSPS) is 11.9. The molecule has 0 aliphatic rings. The highest BCUT2D eigenvalue weighted by atomic mass is 32.1. The number of ether oxygens (including phenoxy) is 1. The van der Waals surface area contributed by atoms with Crippen LogP contribution >= 0.6 is 11.3 Å². The molecule has 0 atom stereocenters. The van der Waals surface area contributed by atoms with E-state index in [1.54, 1.807) is 18.4 Å². The van der Waals surface area contributed by atoms with Crippen molar-refractivity contribution in [1.82, 2.24) is 16.0 Å². The Bertz CT molecular complexity index is 466. The summed E-state index contributed by atoms with van der Waals surface area (Å²) in [6, 6.07) is 2.08. The van der Waals surface area contributed by atoms with Gasteiger partial charge >= 0.3 is 6.09 Å². The molecule has 3 N–H and O–H groups in total. The first-order valence-corrected chi connectivity index (χ1v) is 8.27. The average molecular weight is 326 g/mol. The second-order valence-corrected chi connectivity index (χ2v) is 6.55. The molecule has 7 heteroatoms.